The van der Waals surface area contributed by atoms with E-state index >= 15 is 0 Å². The Labute approximate surface area is 204 Å². The second-order valence-electron chi connectivity index (χ2n) is 8.43. The van der Waals surface area contributed by atoms with Crippen molar-refractivity contribution in [3.8, 4) is 11.5 Å². The number of nitrogens with zero attached hydrogens (tertiary/aromatic N) is 1. The highest BCUT2D eigenvalue weighted by Crippen LogP contribution is 2.27. The van der Waals surface area contributed by atoms with Gasteiger partial charge in [0.05, 0.1) is 11.8 Å². The molecule has 0 aliphatic carbocycles. The fourth-order valence-corrected chi connectivity index (χ4v) is 3.55. The number of carbonyl (C=O) groups excluding carboxylic acids is 3. The molecule has 0 unspecified atom stereocenters. The van der Waals surface area contributed by atoms with Gasteiger partial charge in [-0.1, -0.05) is 48.0 Å². The van der Waals surface area contributed by atoms with Gasteiger partial charge in [-0.2, -0.15) is 0 Å². The molecule has 1 heterocycles. The first-order chi connectivity index (χ1) is 16.8. The minimum Gasteiger partial charge on any atom is -0.490 e. The monoisotopic (exact) mass is 470 g/mol. The summed E-state index contributed by atoms with van der Waals surface area (Å²) in [6.07, 6.45) is 1.35. The van der Waals surface area contributed by atoms with Crippen LogP contribution in [0.4, 0.5) is 10.5 Å². The van der Waals surface area contributed by atoms with Gasteiger partial charge in [0.15, 0.2) is 0 Å². The minimum absolute atomic E-state index is 0.0877. The predicted octanol–water partition coefficient (Wildman–Crippen LogP) is 5.03. The molecule has 1 aliphatic heterocycles. The predicted molar refractivity (Wildman–Crippen MR) is 133 cm³/mol. The SMILES string of the molecule is Cc1ccc(COc2ccc(N3C(=O)NC(=O)/C(=C\c4ccccc4OC(C)C)C3=O)cc2)cc1. The zero-order chi connectivity index (χ0) is 24.9. The van der Waals surface area contributed by atoms with E-state index in [1.165, 1.54) is 11.6 Å². The highest BCUT2D eigenvalue weighted by atomic mass is 16.5. The zero-order valence-corrected chi connectivity index (χ0v) is 19.8. The van der Waals surface area contributed by atoms with Crippen LogP contribution >= 0.6 is 0 Å². The molecule has 1 aliphatic rings. The smallest absolute Gasteiger partial charge is 0.335 e. The van der Waals surface area contributed by atoms with Crippen molar-refractivity contribution in [3.63, 3.8) is 0 Å². The summed E-state index contributed by atoms with van der Waals surface area (Å²) in [4.78, 5) is 39.2. The number of ether oxygens (including phenoxy) is 2. The van der Waals surface area contributed by atoms with Gasteiger partial charge in [-0.3, -0.25) is 14.9 Å². The summed E-state index contributed by atoms with van der Waals surface area (Å²) in [5.41, 5.74) is 2.92. The van der Waals surface area contributed by atoms with E-state index in [9.17, 15) is 14.4 Å². The van der Waals surface area contributed by atoms with E-state index in [1.807, 2.05) is 45.0 Å². The molecule has 1 saturated heterocycles. The lowest BCUT2D eigenvalue weighted by Crippen LogP contribution is -2.54. The lowest BCUT2D eigenvalue weighted by Gasteiger charge is -2.26. The molecule has 7 nitrogen and oxygen atoms in total. The van der Waals surface area contributed by atoms with Crippen molar-refractivity contribution in [1.29, 1.82) is 0 Å². The molecule has 1 N–H and O–H groups in total. The van der Waals surface area contributed by atoms with Gasteiger partial charge in [0, 0.05) is 5.56 Å². The fourth-order valence-electron chi connectivity index (χ4n) is 3.55. The minimum atomic E-state index is -0.808. The Balaban J connectivity index is 1.54. The first kappa shape index (κ1) is 23.8. The Hall–Kier alpha value is -4.39. The van der Waals surface area contributed by atoms with Gasteiger partial charge < -0.3 is 9.47 Å². The largest absolute Gasteiger partial charge is 0.490 e. The quantitative estimate of drug-likeness (QED) is 0.387. The summed E-state index contributed by atoms with van der Waals surface area (Å²) < 4.78 is 11.6. The molecule has 0 atom stereocenters. The van der Waals surface area contributed by atoms with Gasteiger partial charge in [-0.05, 0) is 62.7 Å². The van der Waals surface area contributed by atoms with E-state index < -0.39 is 17.8 Å². The van der Waals surface area contributed by atoms with Crippen molar-refractivity contribution >= 4 is 29.6 Å². The molecule has 3 aromatic carbocycles. The second kappa shape index (κ2) is 10.3. The van der Waals surface area contributed by atoms with Crippen LogP contribution in [-0.4, -0.2) is 23.9 Å². The standard InChI is InChI=1S/C28H26N2O5/c1-18(2)35-25-7-5-4-6-21(25)16-24-26(31)29-28(33)30(27(24)32)22-12-14-23(15-13-22)34-17-20-10-8-19(3)9-11-20/h4-16,18H,17H2,1-3H3,(H,29,31,33)/b24-16+. The van der Waals surface area contributed by atoms with Crippen LogP contribution in [0.5, 0.6) is 11.5 Å². The number of hydrogen-bond donors (Lipinski definition) is 1. The van der Waals surface area contributed by atoms with Crippen LogP contribution in [0, 0.1) is 6.92 Å². The molecule has 1 fully saturated rings. The summed E-state index contributed by atoms with van der Waals surface area (Å²) in [7, 11) is 0. The van der Waals surface area contributed by atoms with Gasteiger partial charge in [-0.15, -0.1) is 0 Å². The zero-order valence-electron chi connectivity index (χ0n) is 19.8. The van der Waals surface area contributed by atoms with E-state index in [2.05, 4.69) is 5.32 Å². The molecule has 3 aromatic rings. The molecule has 4 rings (SSSR count). The van der Waals surface area contributed by atoms with Gasteiger partial charge in [0.25, 0.3) is 11.8 Å². The molecular weight excluding hydrogens is 444 g/mol. The second-order valence-corrected chi connectivity index (χ2v) is 8.43. The number of urea groups is 1. The molecule has 0 aromatic heterocycles. The van der Waals surface area contributed by atoms with Crippen molar-refractivity contribution in [2.45, 2.75) is 33.5 Å². The Kier molecular flexibility index (Phi) is 6.96. The number of aryl methyl sites for hydroxylation is 1. The normalized spacial score (nSPS) is 14.9. The Morgan fingerprint density at radius 3 is 2.29 bits per heavy atom. The van der Waals surface area contributed by atoms with E-state index in [4.69, 9.17) is 9.47 Å². The molecule has 0 spiro atoms. The maximum Gasteiger partial charge on any atom is 0.335 e. The molecule has 0 radical (unpaired) electrons. The molecule has 0 saturated carbocycles. The number of nitrogens with one attached hydrogen (secondary N) is 1. The number of rotatable bonds is 7. The van der Waals surface area contributed by atoms with Crippen LogP contribution in [0.3, 0.4) is 0 Å². The third-order valence-corrected chi connectivity index (χ3v) is 5.30. The van der Waals surface area contributed by atoms with Gasteiger partial charge in [-0.25, -0.2) is 9.69 Å². The van der Waals surface area contributed by atoms with E-state index in [0.717, 1.165) is 10.5 Å². The third-order valence-electron chi connectivity index (χ3n) is 5.30. The van der Waals surface area contributed by atoms with Crippen molar-refractivity contribution < 1.29 is 23.9 Å². The number of hydrogen-bond acceptors (Lipinski definition) is 5. The van der Waals surface area contributed by atoms with E-state index in [0.29, 0.717) is 29.4 Å². The number of amides is 4. The number of anilines is 1. The number of carbonyl (C=O) groups is 3. The lowest BCUT2D eigenvalue weighted by molar-refractivity contribution is -0.122. The summed E-state index contributed by atoms with van der Waals surface area (Å²) in [6.45, 7) is 6.18. The lowest BCUT2D eigenvalue weighted by atomic mass is 10.1. The van der Waals surface area contributed by atoms with Crippen LogP contribution in [0.1, 0.15) is 30.5 Å². The van der Waals surface area contributed by atoms with E-state index in [1.54, 1.807) is 48.5 Å². The Morgan fingerprint density at radius 1 is 0.914 bits per heavy atom. The average Bonchev–Trinajstić information content (AvgIpc) is 2.83. The van der Waals surface area contributed by atoms with Gasteiger partial charge in [0.2, 0.25) is 0 Å². The summed E-state index contributed by atoms with van der Waals surface area (Å²) in [5.74, 6) is -0.347. The maximum atomic E-state index is 13.2. The number of barbiturate groups is 1. The topological polar surface area (TPSA) is 84.9 Å². The number of imide groups is 2. The van der Waals surface area contributed by atoms with Crippen LogP contribution in [0.2, 0.25) is 0 Å². The molecule has 35 heavy (non-hydrogen) atoms. The molecule has 7 heteroatoms. The van der Waals surface area contributed by atoms with Crippen LogP contribution in [0.25, 0.3) is 6.08 Å². The molecular formula is C28H26N2O5. The summed E-state index contributed by atoms with van der Waals surface area (Å²) in [6, 6.07) is 20.9. The summed E-state index contributed by atoms with van der Waals surface area (Å²) in [5, 5.41) is 2.24. The van der Waals surface area contributed by atoms with E-state index in [-0.39, 0.29) is 11.7 Å². The van der Waals surface area contributed by atoms with Crippen molar-refractivity contribution in [2.24, 2.45) is 0 Å². The summed E-state index contributed by atoms with van der Waals surface area (Å²) >= 11 is 0. The van der Waals surface area contributed by atoms with Crippen LogP contribution in [0.15, 0.2) is 78.4 Å². The molecule has 4 amide bonds. The third kappa shape index (κ3) is 5.58. The van der Waals surface area contributed by atoms with Crippen LogP contribution < -0.4 is 19.7 Å². The van der Waals surface area contributed by atoms with Crippen molar-refractivity contribution in [1.82, 2.24) is 5.32 Å². The first-order valence-corrected chi connectivity index (χ1v) is 11.3. The maximum absolute atomic E-state index is 13.2. The fraction of sp³-hybridized carbons (Fsp3) is 0.179. The van der Waals surface area contributed by atoms with Crippen molar-refractivity contribution in [2.75, 3.05) is 4.90 Å². The Morgan fingerprint density at radius 2 is 1.60 bits per heavy atom. The average molecular weight is 471 g/mol. The molecule has 178 valence electrons. The molecule has 0 bridgehead atoms. The van der Waals surface area contributed by atoms with Gasteiger partial charge in [0.1, 0.15) is 23.7 Å². The highest BCUT2D eigenvalue weighted by Gasteiger charge is 2.37. The van der Waals surface area contributed by atoms with Crippen LogP contribution in [-0.2, 0) is 16.2 Å². The Bertz CT molecular complexity index is 1280. The van der Waals surface area contributed by atoms with Gasteiger partial charge >= 0.3 is 6.03 Å². The number of benzene rings is 3. The number of para-hydroxylation sites is 1. The van der Waals surface area contributed by atoms with Crippen molar-refractivity contribution in [3.05, 3.63) is 95.1 Å². The highest BCUT2D eigenvalue weighted by molar-refractivity contribution is 6.39. The first-order valence-electron chi connectivity index (χ1n) is 11.3.